The predicted octanol–water partition coefficient (Wildman–Crippen LogP) is 3.17. The van der Waals surface area contributed by atoms with Gasteiger partial charge in [0.25, 0.3) is 5.91 Å². The van der Waals surface area contributed by atoms with Gasteiger partial charge in [-0.15, -0.1) is 0 Å². The lowest BCUT2D eigenvalue weighted by atomic mass is 10.1. The normalized spacial score (nSPS) is 10.7. The summed E-state index contributed by atoms with van der Waals surface area (Å²) in [6, 6.07) is 12.8. The van der Waals surface area contributed by atoms with E-state index in [9.17, 15) is 14.4 Å². The van der Waals surface area contributed by atoms with Gasteiger partial charge in [0, 0.05) is 18.0 Å². The van der Waals surface area contributed by atoms with Gasteiger partial charge >= 0.3 is 11.6 Å². The Morgan fingerprint density at radius 3 is 2.35 bits per heavy atom. The molecule has 0 saturated carbocycles. The van der Waals surface area contributed by atoms with Crippen molar-refractivity contribution in [3.05, 3.63) is 64.5 Å². The van der Waals surface area contributed by atoms with E-state index >= 15 is 0 Å². The van der Waals surface area contributed by atoms with E-state index in [2.05, 4.69) is 5.32 Å². The topological polar surface area (TPSA) is 104 Å². The van der Waals surface area contributed by atoms with Crippen molar-refractivity contribution in [2.24, 2.45) is 5.92 Å². The summed E-state index contributed by atoms with van der Waals surface area (Å²) in [7, 11) is 1.56. The number of carbonyl (C=O) groups excluding carboxylic acids is 2. The molecule has 8 heteroatoms. The number of hydrogen-bond donors (Lipinski definition) is 1. The highest BCUT2D eigenvalue weighted by atomic mass is 16.6. The molecule has 162 valence electrons. The lowest BCUT2D eigenvalue weighted by Gasteiger charge is -2.09. The van der Waals surface area contributed by atoms with Crippen LogP contribution in [0.1, 0.15) is 24.2 Å². The van der Waals surface area contributed by atoms with Crippen LogP contribution in [0, 0.1) is 5.92 Å². The van der Waals surface area contributed by atoms with Gasteiger partial charge in [0.1, 0.15) is 28.4 Å². The molecular weight excluding hydrogens is 402 g/mol. The van der Waals surface area contributed by atoms with Crippen molar-refractivity contribution < 1.29 is 28.2 Å². The van der Waals surface area contributed by atoms with E-state index in [0.29, 0.717) is 23.4 Å². The van der Waals surface area contributed by atoms with Crippen molar-refractivity contribution in [1.29, 1.82) is 0 Å². The number of rotatable bonds is 8. The van der Waals surface area contributed by atoms with E-state index in [-0.39, 0.29) is 29.4 Å². The summed E-state index contributed by atoms with van der Waals surface area (Å²) in [5.41, 5.74) is -0.641. The monoisotopic (exact) mass is 425 g/mol. The van der Waals surface area contributed by atoms with Crippen LogP contribution in [0.4, 0.5) is 0 Å². The van der Waals surface area contributed by atoms with Gasteiger partial charge in [-0.1, -0.05) is 13.8 Å². The Morgan fingerprint density at radius 2 is 1.68 bits per heavy atom. The number of carbonyl (C=O) groups is 2. The third-order valence-electron chi connectivity index (χ3n) is 4.27. The van der Waals surface area contributed by atoms with Crippen LogP contribution in [0.25, 0.3) is 11.0 Å². The summed E-state index contributed by atoms with van der Waals surface area (Å²) in [6.45, 7) is 4.05. The fraction of sp³-hybridized carbons (Fsp3) is 0.261. The van der Waals surface area contributed by atoms with Crippen LogP contribution < -0.4 is 25.2 Å². The molecule has 0 radical (unpaired) electrons. The molecule has 0 bridgehead atoms. The molecule has 0 aliphatic rings. The number of fused-ring (bicyclic) bond motifs is 1. The molecule has 2 aromatic carbocycles. The van der Waals surface area contributed by atoms with Crippen molar-refractivity contribution in [3.63, 3.8) is 0 Å². The third kappa shape index (κ3) is 5.85. The largest absolute Gasteiger partial charge is 0.497 e. The first-order valence-corrected chi connectivity index (χ1v) is 9.69. The number of amides is 1. The van der Waals surface area contributed by atoms with Gasteiger partial charge in [0.2, 0.25) is 0 Å². The van der Waals surface area contributed by atoms with Crippen LogP contribution >= 0.6 is 0 Å². The number of ether oxygens (including phenoxy) is 3. The van der Waals surface area contributed by atoms with Gasteiger partial charge in [-0.25, -0.2) is 9.59 Å². The molecule has 0 saturated heterocycles. The second kappa shape index (κ2) is 9.80. The van der Waals surface area contributed by atoms with Gasteiger partial charge in [-0.2, -0.15) is 0 Å². The molecule has 0 spiro atoms. The molecule has 0 fully saturated rings. The first kappa shape index (κ1) is 21.9. The summed E-state index contributed by atoms with van der Waals surface area (Å²) >= 11 is 0. The molecule has 8 nitrogen and oxygen atoms in total. The Labute approximate surface area is 178 Å². The molecule has 3 rings (SSSR count). The maximum Gasteiger partial charge on any atom is 0.349 e. The van der Waals surface area contributed by atoms with Gasteiger partial charge in [0.05, 0.1) is 7.11 Å². The zero-order chi connectivity index (χ0) is 22.4. The molecule has 0 aliphatic heterocycles. The molecule has 1 aromatic heterocycles. The van der Waals surface area contributed by atoms with E-state index in [1.165, 1.54) is 12.1 Å². The summed E-state index contributed by atoms with van der Waals surface area (Å²) in [5.74, 6) is 0.495. The molecular formula is C23H23NO7. The summed E-state index contributed by atoms with van der Waals surface area (Å²) in [5, 5.41) is 3.22. The Hall–Kier alpha value is -3.81. The van der Waals surface area contributed by atoms with Crippen molar-refractivity contribution in [1.82, 2.24) is 5.32 Å². The third-order valence-corrected chi connectivity index (χ3v) is 4.27. The van der Waals surface area contributed by atoms with Crippen molar-refractivity contribution in [2.45, 2.75) is 13.8 Å². The Bertz CT molecular complexity index is 1130. The van der Waals surface area contributed by atoms with E-state index < -0.39 is 17.5 Å². The number of methoxy groups -OCH3 is 1. The molecule has 3 aromatic rings. The fourth-order valence-electron chi connectivity index (χ4n) is 2.68. The van der Waals surface area contributed by atoms with Crippen molar-refractivity contribution in [2.75, 3.05) is 20.3 Å². The van der Waals surface area contributed by atoms with Crippen LogP contribution in [0.15, 0.2) is 57.7 Å². The molecule has 1 heterocycles. The molecule has 0 aliphatic carbocycles. The first-order valence-electron chi connectivity index (χ1n) is 9.69. The van der Waals surface area contributed by atoms with Crippen LogP contribution in [0.2, 0.25) is 0 Å². The highest BCUT2D eigenvalue weighted by Gasteiger charge is 2.15. The minimum atomic E-state index is -0.764. The quantitative estimate of drug-likeness (QED) is 0.336. The van der Waals surface area contributed by atoms with Crippen LogP contribution in [-0.2, 0) is 4.79 Å². The molecule has 0 unspecified atom stereocenters. The van der Waals surface area contributed by atoms with E-state index in [0.717, 1.165) is 0 Å². The minimum Gasteiger partial charge on any atom is -0.497 e. The second-order valence-corrected chi connectivity index (χ2v) is 7.19. The highest BCUT2D eigenvalue weighted by Crippen LogP contribution is 2.21. The predicted molar refractivity (Wildman–Crippen MR) is 114 cm³/mol. The Balaban J connectivity index is 1.66. The van der Waals surface area contributed by atoms with E-state index in [4.69, 9.17) is 18.6 Å². The Kier molecular flexibility index (Phi) is 6.92. The number of hydrogen-bond acceptors (Lipinski definition) is 7. The van der Waals surface area contributed by atoms with E-state index in [1.807, 2.05) is 13.8 Å². The maximum absolute atomic E-state index is 12.2. The smallest absolute Gasteiger partial charge is 0.349 e. The van der Waals surface area contributed by atoms with Crippen molar-refractivity contribution in [3.8, 4) is 17.2 Å². The number of nitrogens with one attached hydrogen (secondary N) is 1. The molecule has 1 amide bonds. The lowest BCUT2D eigenvalue weighted by Crippen LogP contribution is -2.31. The Morgan fingerprint density at radius 1 is 1.00 bits per heavy atom. The van der Waals surface area contributed by atoms with Crippen LogP contribution in [0.5, 0.6) is 17.2 Å². The van der Waals surface area contributed by atoms with Crippen LogP contribution in [0.3, 0.4) is 0 Å². The minimum absolute atomic E-state index is 0.0780. The summed E-state index contributed by atoms with van der Waals surface area (Å²) in [6.07, 6.45) is 0. The zero-order valence-electron chi connectivity index (χ0n) is 17.5. The molecule has 1 N–H and O–H groups in total. The summed E-state index contributed by atoms with van der Waals surface area (Å²) in [4.78, 5) is 36.4. The standard InChI is InChI=1S/C23H23NO7/c1-14(2)12-24-22(26)19-10-15-4-5-18(11-20(15)31-23(19)27)30-21(25)13-29-17-8-6-16(28-3)7-9-17/h4-11,14H,12-13H2,1-3H3,(H,24,26). The van der Waals surface area contributed by atoms with Gasteiger partial charge in [0.15, 0.2) is 6.61 Å². The second-order valence-electron chi connectivity index (χ2n) is 7.19. The first-order chi connectivity index (χ1) is 14.9. The average molecular weight is 425 g/mol. The van der Waals surface area contributed by atoms with E-state index in [1.54, 1.807) is 43.5 Å². The van der Waals surface area contributed by atoms with Gasteiger partial charge in [-0.3, -0.25) is 4.79 Å². The fourth-order valence-corrected chi connectivity index (χ4v) is 2.68. The molecule has 0 atom stereocenters. The highest BCUT2D eigenvalue weighted by molar-refractivity contribution is 5.96. The lowest BCUT2D eigenvalue weighted by molar-refractivity contribution is -0.136. The van der Waals surface area contributed by atoms with Gasteiger partial charge < -0.3 is 23.9 Å². The average Bonchev–Trinajstić information content (AvgIpc) is 2.75. The number of esters is 1. The SMILES string of the molecule is COc1ccc(OCC(=O)Oc2ccc3cc(C(=O)NCC(C)C)c(=O)oc3c2)cc1. The zero-order valence-corrected chi connectivity index (χ0v) is 17.5. The summed E-state index contributed by atoms with van der Waals surface area (Å²) < 4.78 is 20.9. The molecule has 31 heavy (non-hydrogen) atoms. The van der Waals surface area contributed by atoms with Gasteiger partial charge in [-0.05, 0) is 48.4 Å². The van der Waals surface area contributed by atoms with Crippen LogP contribution in [-0.4, -0.2) is 32.1 Å². The van der Waals surface area contributed by atoms with Crippen molar-refractivity contribution >= 4 is 22.8 Å². The maximum atomic E-state index is 12.2. The number of benzene rings is 2.